The predicted molar refractivity (Wildman–Crippen MR) is 36.8 cm³/mol. The van der Waals surface area contributed by atoms with Gasteiger partial charge in [-0.25, -0.2) is 4.98 Å². The van der Waals surface area contributed by atoms with Crippen LogP contribution in [0.15, 0.2) is 6.33 Å². The van der Waals surface area contributed by atoms with Crippen molar-refractivity contribution in [2.75, 3.05) is 23.7 Å². The molecule has 0 saturated heterocycles. The smallest absolute Gasteiger partial charge is 0.191 e. The molecule has 2 N–H and O–H groups in total. The molecule has 52 valence electrons. The SMILES string of the molecule is c1nnc2c(n1)NCCN2. The first-order valence-electron chi connectivity index (χ1n) is 3.12. The Morgan fingerprint density at radius 2 is 2.00 bits per heavy atom. The quantitative estimate of drug-likeness (QED) is 0.514. The number of hydrogen-bond acceptors (Lipinski definition) is 5. The third-order valence-electron chi connectivity index (χ3n) is 1.33. The molecule has 2 heterocycles. The lowest BCUT2D eigenvalue weighted by atomic mass is 10.4. The van der Waals surface area contributed by atoms with Crippen LogP contribution in [-0.4, -0.2) is 28.3 Å². The highest BCUT2D eigenvalue weighted by molar-refractivity contribution is 5.59. The van der Waals surface area contributed by atoms with Crippen molar-refractivity contribution in [3.8, 4) is 0 Å². The minimum atomic E-state index is 0.744. The van der Waals surface area contributed by atoms with Gasteiger partial charge in [0.05, 0.1) is 0 Å². The van der Waals surface area contributed by atoms with Gasteiger partial charge < -0.3 is 10.6 Å². The van der Waals surface area contributed by atoms with Crippen molar-refractivity contribution in [1.29, 1.82) is 0 Å². The van der Waals surface area contributed by atoms with E-state index in [9.17, 15) is 0 Å². The number of nitrogens with zero attached hydrogens (tertiary/aromatic N) is 3. The molecule has 1 aromatic heterocycles. The fraction of sp³-hybridized carbons (Fsp3) is 0.400. The van der Waals surface area contributed by atoms with E-state index in [0.29, 0.717) is 0 Å². The van der Waals surface area contributed by atoms with Crippen LogP contribution in [0.2, 0.25) is 0 Å². The molecule has 0 fully saturated rings. The molecule has 1 aromatic rings. The molecule has 0 aromatic carbocycles. The number of rotatable bonds is 0. The Morgan fingerprint density at radius 3 is 2.80 bits per heavy atom. The third-order valence-corrected chi connectivity index (χ3v) is 1.33. The molecule has 5 nitrogen and oxygen atoms in total. The summed E-state index contributed by atoms with van der Waals surface area (Å²) in [5.74, 6) is 1.54. The first-order valence-corrected chi connectivity index (χ1v) is 3.12. The van der Waals surface area contributed by atoms with E-state index >= 15 is 0 Å². The molecular formula is C5H7N5. The molecule has 0 atom stereocenters. The van der Waals surface area contributed by atoms with Crippen LogP contribution in [0.3, 0.4) is 0 Å². The maximum Gasteiger partial charge on any atom is 0.191 e. The summed E-state index contributed by atoms with van der Waals surface area (Å²) in [6, 6.07) is 0. The van der Waals surface area contributed by atoms with Gasteiger partial charge in [0.15, 0.2) is 11.6 Å². The van der Waals surface area contributed by atoms with Crippen molar-refractivity contribution in [1.82, 2.24) is 15.2 Å². The predicted octanol–water partition coefficient (Wildman–Crippen LogP) is -0.291. The number of fused-ring (bicyclic) bond motifs is 1. The molecule has 0 amide bonds. The van der Waals surface area contributed by atoms with Crippen LogP contribution in [0.5, 0.6) is 0 Å². The highest BCUT2D eigenvalue weighted by Crippen LogP contribution is 2.14. The lowest BCUT2D eigenvalue weighted by Gasteiger charge is -2.15. The van der Waals surface area contributed by atoms with Crippen molar-refractivity contribution < 1.29 is 0 Å². The molecule has 0 bridgehead atoms. The summed E-state index contributed by atoms with van der Waals surface area (Å²) in [7, 11) is 0. The van der Waals surface area contributed by atoms with Crippen LogP contribution < -0.4 is 10.6 Å². The van der Waals surface area contributed by atoms with Crippen molar-refractivity contribution in [3.63, 3.8) is 0 Å². The molecule has 0 unspecified atom stereocenters. The van der Waals surface area contributed by atoms with Crippen molar-refractivity contribution in [2.45, 2.75) is 0 Å². The number of hydrogen-bond donors (Lipinski definition) is 2. The maximum absolute atomic E-state index is 3.97. The number of anilines is 2. The van der Waals surface area contributed by atoms with E-state index in [1.807, 2.05) is 0 Å². The van der Waals surface area contributed by atoms with Gasteiger partial charge in [0, 0.05) is 13.1 Å². The Hall–Kier alpha value is -1.39. The number of aromatic nitrogens is 3. The number of nitrogens with one attached hydrogen (secondary N) is 2. The first kappa shape index (κ1) is 5.40. The zero-order chi connectivity index (χ0) is 6.81. The third kappa shape index (κ3) is 0.754. The van der Waals surface area contributed by atoms with Gasteiger partial charge in [-0.05, 0) is 0 Å². The summed E-state index contributed by atoms with van der Waals surface area (Å²) in [5, 5.41) is 13.6. The Kier molecular flexibility index (Phi) is 1.13. The monoisotopic (exact) mass is 137 g/mol. The molecule has 1 aliphatic heterocycles. The van der Waals surface area contributed by atoms with Crippen LogP contribution in [0, 0.1) is 0 Å². The molecular weight excluding hydrogens is 130 g/mol. The zero-order valence-electron chi connectivity index (χ0n) is 5.33. The average molecular weight is 137 g/mol. The van der Waals surface area contributed by atoms with Crippen LogP contribution >= 0.6 is 0 Å². The second-order valence-corrected chi connectivity index (χ2v) is 2.01. The van der Waals surface area contributed by atoms with Gasteiger partial charge in [-0.15, -0.1) is 10.2 Å². The van der Waals surface area contributed by atoms with Gasteiger partial charge >= 0.3 is 0 Å². The lowest BCUT2D eigenvalue weighted by Crippen LogP contribution is -2.22. The Balaban J connectivity index is 2.41. The molecule has 0 saturated carbocycles. The van der Waals surface area contributed by atoms with Gasteiger partial charge in [0.25, 0.3) is 0 Å². The van der Waals surface area contributed by atoms with Crippen molar-refractivity contribution in [2.24, 2.45) is 0 Å². The van der Waals surface area contributed by atoms with Gasteiger partial charge in [0.1, 0.15) is 6.33 Å². The normalized spacial score (nSPS) is 14.8. The Labute approximate surface area is 57.9 Å². The minimum absolute atomic E-state index is 0.744. The van der Waals surface area contributed by atoms with E-state index in [4.69, 9.17) is 0 Å². The van der Waals surface area contributed by atoms with Gasteiger partial charge in [-0.1, -0.05) is 0 Å². The first-order chi connectivity index (χ1) is 4.97. The van der Waals surface area contributed by atoms with Crippen LogP contribution in [-0.2, 0) is 0 Å². The topological polar surface area (TPSA) is 62.7 Å². The molecule has 1 aliphatic rings. The summed E-state index contributed by atoms with van der Waals surface area (Å²) < 4.78 is 0. The zero-order valence-corrected chi connectivity index (χ0v) is 5.33. The average Bonchev–Trinajstić information content (AvgIpc) is 2.05. The lowest BCUT2D eigenvalue weighted by molar-refractivity contribution is 0.912. The largest absolute Gasteiger partial charge is 0.365 e. The fourth-order valence-electron chi connectivity index (χ4n) is 0.886. The van der Waals surface area contributed by atoms with Crippen LogP contribution in [0.4, 0.5) is 11.6 Å². The van der Waals surface area contributed by atoms with Crippen LogP contribution in [0.1, 0.15) is 0 Å². The van der Waals surface area contributed by atoms with Crippen molar-refractivity contribution >= 4 is 11.6 Å². The summed E-state index contributed by atoms with van der Waals surface area (Å²) in [4.78, 5) is 3.97. The highest BCUT2D eigenvalue weighted by Gasteiger charge is 2.08. The summed E-state index contributed by atoms with van der Waals surface area (Å²) >= 11 is 0. The summed E-state index contributed by atoms with van der Waals surface area (Å²) in [5.41, 5.74) is 0. The maximum atomic E-state index is 3.97. The van der Waals surface area contributed by atoms with E-state index in [2.05, 4.69) is 25.8 Å². The van der Waals surface area contributed by atoms with Gasteiger partial charge in [-0.3, -0.25) is 0 Å². The Morgan fingerprint density at radius 1 is 1.20 bits per heavy atom. The standard InChI is InChI=1S/C5H7N5/c1-2-7-5-4(6-1)8-3-9-10-5/h3H,1-2H2,(H,7,10)(H,6,8,9). The van der Waals surface area contributed by atoms with Crippen molar-refractivity contribution in [3.05, 3.63) is 6.33 Å². The van der Waals surface area contributed by atoms with E-state index < -0.39 is 0 Å². The molecule has 0 aliphatic carbocycles. The summed E-state index contributed by atoms with van der Waals surface area (Å²) in [6.07, 6.45) is 1.43. The van der Waals surface area contributed by atoms with E-state index in [0.717, 1.165) is 24.7 Å². The molecule has 10 heavy (non-hydrogen) atoms. The second kappa shape index (κ2) is 2.09. The molecule has 0 radical (unpaired) electrons. The summed E-state index contributed by atoms with van der Waals surface area (Å²) in [6.45, 7) is 1.78. The minimum Gasteiger partial charge on any atom is -0.365 e. The second-order valence-electron chi connectivity index (χ2n) is 2.01. The van der Waals surface area contributed by atoms with E-state index in [1.54, 1.807) is 0 Å². The highest BCUT2D eigenvalue weighted by atomic mass is 15.3. The van der Waals surface area contributed by atoms with Gasteiger partial charge in [-0.2, -0.15) is 0 Å². The molecule has 5 heteroatoms. The molecule has 2 rings (SSSR count). The Bertz CT molecular complexity index is 210. The van der Waals surface area contributed by atoms with Crippen LogP contribution in [0.25, 0.3) is 0 Å². The molecule has 0 spiro atoms. The fourth-order valence-corrected chi connectivity index (χ4v) is 0.886. The van der Waals surface area contributed by atoms with Gasteiger partial charge in [0.2, 0.25) is 0 Å². The van der Waals surface area contributed by atoms with E-state index in [-0.39, 0.29) is 0 Å². The van der Waals surface area contributed by atoms with E-state index in [1.165, 1.54) is 6.33 Å².